The molecule has 0 rings (SSSR count). The number of thioether (sulfide) groups is 4. The van der Waals surface area contributed by atoms with Crippen LogP contribution >= 0.6 is 47.0 Å². The highest BCUT2D eigenvalue weighted by Gasteiger charge is 2.51. The second-order valence-electron chi connectivity index (χ2n) is 10.3. The van der Waals surface area contributed by atoms with Crippen LogP contribution in [-0.4, -0.2) is 30.7 Å². The van der Waals surface area contributed by atoms with Gasteiger partial charge in [-0.2, -0.15) is 11.8 Å². The molecule has 3 unspecified atom stereocenters. The molecule has 0 heterocycles. The second-order valence-corrected chi connectivity index (χ2v) is 16.6. The van der Waals surface area contributed by atoms with Crippen molar-refractivity contribution < 1.29 is 0 Å². The van der Waals surface area contributed by atoms with Crippen LogP contribution < -0.4 is 0 Å². The third-order valence-electron chi connectivity index (χ3n) is 5.73. The molecule has 0 aliphatic rings. The Bertz CT molecular complexity index is 416. The highest BCUT2D eigenvalue weighted by atomic mass is 32.3. The van der Waals surface area contributed by atoms with E-state index in [4.69, 9.17) is 0 Å². The molecular formula is C26H54S4. The number of rotatable bonds is 18. The molecule has 0 radical (unpaired) electrons. The average molecular weight is 495 g/mol. The second kappa shape index (κ2) is 16.1. The van der Waals surface area contributed by atoms with Gasteiger partial charge in [0.15, 0.2) is 0 Å². The molecule has 4 heteroatoms. The highest BCUT2D eigenvalue weighted by molar-refractivity contribution is 8.35. The van der Waals surface area contributed by atoms with Crippen LogP contribution in [0.5, 0.6) is 0 Å². The molecule has 0 aromatic carbocycles. The Kier molecular flexibility index (Phi) is 16.9. The Morgan fingerprint density at radius 2 is 1.37 bits per heavy atom. The zero-order chi connectivity index (χ0) is 23.3. The molecule has 0 saturated heterocycles. The first kappa shape index (κ1) is 31.4. The molecule has 0 nitrogen and oxygen atoms in total. The molecular weight excluding hydrogens is 441 g/mol. The van der Waals surface area contributed by atoms with Crippen molar-refractivity contribution in [3.05, 3.63) is 0 Å². The van der Waals surface area contributed by atoms with Gasteiger partial charge in [0.2, 0.25) is 0 Å². The predicted molar refractivity (Wildman–Crippen MR) is 154 cm³/mol. The Morgan fingerprint density at radius 1 is 0.733 bits per heavy atom. The van der Waals surface area contributed by atoms with E-state index >= 15 is 0 Å². The van der Waals surface area contributed by atoms with Crippen LogP contribution in [0.4, 0.5) is 0 Å². The maximum Gasteiger partial charge on any atom is 0.121 e. The fraction of sp³-hybridized carbons (Fsp3) is 1.00. The largest absolute Gasteiger partial charge is 0.152 e. The molecule has 0 spiro atoms. The zero-order valence-corrected chi connectivity index (χ0v) is 25.3. The van der Waals surface area contributed by atoms with E-state index in [-0.39, 0.29) is 3.41 Å². The Morgan fingerprint density at radius 3 is 1.83 bits per heavy atom. The topological polar surface area (TPSA) is 0 Å². The van der Waals surface area contributed by atoms with Crippen molar-refractivity contribution in [3.8, 4) is 0 Å². The summed E-state index contributed by atoms with van der Waals surface area (Å²) in [6.45, 7) is 24.2. The lowest BCUT2D eigenvalue weighted by molar-refractivity contribution is 0.479. The number of hydrogen-bond donors (Lipinski definition) is 0. The van der Waals surface area contributed by atoms with Crippen LogP contribution in [0, 0.1) is 11.3 Å². The quantitative estimate of drug-likeness (QED) is 0.137. The Hall–Kier alpha value is 1.40. The van der Waals surface area contributed by atoms with E-state index in [1.807, 2.05) is 0 Å². The van der Waals surface area contributed by atoms with Gasteiger partial charge in [0.25, 0.3) is 0 Å². The van der Waals surface area contributed by atoms with Gasteiger partial charge in [-0.05, 0) is 55.4 Å². The van der Waals surface area contributed by atoms with Gasteiger partial charge in [0, 0.05) is 15.7 Å². The summed E-state index contributed by atoms with van der Waals surface area (Å²) in [7, 11) is 0. The van der Waals surface area contributed by atoms with Crippen molar-refractivity contribution in [2.75, 3.05) is 17.3 Å². The minimum atomic E-state index is 0.229. The first-order valence-corrected chi connectivity index (χ1v) is 16.5. The molecule has 0 aliphatic carbocycles. The van der Waals surface area contributed by atoms with Crippen LogP contribution in [-0.2, 0) is 0 Å². The summed E-state index contributed by atoms with van der Waals surface area (Å²) >= 11 is 9.27. The van der Waals surface area contributed by atoms with Gasteiger partial charge in [-0.3, -0.25) is 0 Å². The van der Waals surface area contributed by atoms with Crippen molar-refractivity contribution >= 4 is 47.0 Å². The molecule has 30 heavy (non-hydrogen) atoms. The number of unbranched alkanes of at least 4 members (excludes halogenated alkanes) is 2. The van der Waals surface area contributed by atoms with E-state index in [2.05, 4.69) is 116 Å². The molecule has 0 aromatic rings. The van der Waals surface area contributed by atoms with E-state index in [1.165, 1.54) is 68.6 Å². The molecule has 0 aliphatic heterocycles. The Balaban J connectivity index is 6.08. The summed E-state index contributed by atoms with van der Waals surface area (Å²) in [4.78, 5) is 0. The van der Waals surface area contributed by atoms with Gasteiger partial charge in [-0.1, -0.05) is 88.0 Å². The fourth-order valence-corrected chi connectivity index (χ4v) is 11.4. The fourth-order valence-electron chi connectivity index (χ4n) is 3.34. The van der Waals surface area contributed by atoms with Crippen molar-refractivity contribution in [3.63, 3.8) is 0 Å². The maximum atomic E-state index is 2.63. The highest BCUT2D eigenvalue weighted by Crippen LogP contribution is 2.63. The summed E-state index contributed by atoms with van der Waals surface area (Å²) in [6, 6.07) is 0. The predicted octanol–water partition coefficient (Wildman–Crippen LogP) is 10.6. The minimum absolute atomic E-state index is 0.229. The standard InChI is InChI=1S/C26H54S4/c1-11-16-17-19-27-25(10,18-12-2)26(28-20-22(6)13-3,29-21-24(7,8)9)30-23(14-4)15-5/h22-23H,11-21H2,1-10H3. The summed E-state index contributed by atoms with van der Waals surface area (Å²) in [6.07, 6.45) is 10.5. The van der Waals surface area contributed by atoms with Gasteiger partial charge in [-0.15, -0.1) is 35.3 Å². The van der Waals surface area contributed by atoms with E-state index in [1.54, 1.807) is 0 Å². The molecule has 0 aromatic heterocycles. The SMILES string of the molecule is CCCCCSC(C)(CCC)C(SCC(C)CC)(SCC(C)(C)C)SC(CC)CC. The van der Waals surface area contributed by atoms with Crippen LogP contribution in [0.3, 0.4) is 0 Å². The van der Waals surface area contributed by atoms with Crippen molar-refractivity contribution in [2.45, 2.75) is 134 Å². The van der Waals surface area contributed by atoms with Crippen LogP contribution in [0.1, 0.15) is 121 Å². The van der Waals surface area contributed by atoms with Crippen molar-refractivity contribution in [2.24, 2.45) is 11.3 Å². The summed E-state index contributed by atoms with van der Waals surface area (Å²) in [5.74, 6) is 4.64. The summed E-state index contributed by atoms with van der Waals surface area (Å²) in [5, 5.41) is 0.759. The lowest BCUT2D eigenvalue weighted by atomic mass is 10.0. The van der Waals surface area contributed by atoms with E-state index in [9.17, 15) is 0 Å². The lowest BCUT2D eigenvalue weighted by Crippen LogP contribution is -2.45. The molecule has 0 fully saturated rings. The minimum Gasteiger partial charge on any atom is -0.152 e. The molecule has 0 amide bonds. The smallest absolute Gasteiger partial charge is 0.121 e. The van der Waals surface area contributed by atoms with Crippen molar-refractivity contribution in [1.82, 2.24) is 0 Å². The normalized spacial score (nSPS) is 17.7. The van der Waals surface area contributed by atoms with Crippen LogP contribution in [0.15, 0.2) is 0 Å². The third kappa shape index (κ3) is 11.5. The van der Waals surface area contributed by atoms with Gasteiger partial charge < -0.3 is 0 Å². The van der Waals surface area contributed by atoms with Crippen LogP contribution in [0.2, 0.25) is 0 Å². The third-order valence-corrected chi connectivity index (χ3v) is 14.9. The zero-order valence-electron chi connectivity index (χ0n) is 22.1. The lowest BCUT2D eigenvalue weighted by Gasteiger charge is -2.50. The molecule has 182 valence electrons. The average Bonchev–Trinajstić information content (AvgIpc) is 2.70. The molecule has 3 atom stereocenters. The number of hydrogen-bond acceptors (Lipinski definition) is 4. The molecule has 0 bridgehead atoms. The van der Waals surface area contributed by atoms with Gasteiger partial charge in [-0.25, -0.2) is 0 Å². The van der Waals surface area contributed by atoms with E-state index in [0.29, 0.717) is 10.2 Å². The summed E-state index contributed by atoms with van der Waals surface area (Å²) in [5.41, 5.74) is 0.362. The molecule has 0 saturated carbocycles. The summed E-state index contributed by atoms with van der Waals surface area (Å²) < 4.78 is 0.532. The monoisotopic (exact) mass is 494 g/mol. The van der Waals surface area contributed by atoms with Gasteiger partial charge in [0.1, 0.15) is 3.41 Å². The van der Waals surface area contributed by atoms with Gasteiger partial charge >= 0.3 is 0 Å². The molecule has 0 N–H and O–H groups in total. The Labute approximate surface area is 208 Å². The first-order chi connectivity index (χ1) is 14.0. The van der Waals surface area contributed by atoms with Crippen LogP contribution in [0.25, 0.3) is 0 Å². The van der Waals surface area contributed by atoms with Gasteiger partial charge in [0.05, 0.1) is 0 Å². The van der Waals surface area contributed by atoms with Crippen molar-refractivity contribution in [1.29, 1.82) is 0 Å². The first-order valence-electron chi connectivity index (χ1n) is 12.6. The van der Waals surface area contributed by atoms with E-state index in [0.717, 1.165) is 11.2 Å². The maximum absolute atomic E-state index is 2.63. The van der Waals surface area contributed by atoms with E-state index < -0.39 is 0 Å².